The van der Waals surface area contributed by atoms with Gasteiger partial charge in [-0.1, -0.05) is 6.92 Å². The summed E-state index contributed by atoms with van der Waals surface area (Å²) in [6.07, 6.45) is 3.57. The number of carboxylic acids is 1. The lowest BCUT2D eigenvalue weighted by atomic mass is 10.1. The summed E-state index contributed by atoms with van der Waals surface area (Å²) in [4.78, 5) is 23.9. The van der Waals surface area contributed by atoms with Crippen molar-refractivity contribution in [2.75, 3.05) is 20.2 Å². The zero-order valence-electron chi connectivity index (χ0n) is 11.0. The Bertz CT molecular complexity index is 290. The van der Waals surface area contributed by atoms with Crippen LogP contribution in [0.25, 0.3) is 0 Å². The van der Waals surface area contributed by atoms with E-state index in [2.05, 4.69) is 5.32 Å². The quantitative estimate of drug-likeness (QED) is 0.773. The minimum atomic E-state index is -0.982. The van der Waals surface area contributed by atoms with Gasteiger partial charge in [-0.15, -0.1) is 0 Å². The third kappa shape index (κ3) is 4.18. The molecule has 2 N–H and O–H groups in total. The second-order valence-corrected chi connectivity index (χ2v) is 4.55. The molecule has 1 heterocycles. The number of hydrogen-bond acceptors (Lipinski definition) is 3. The molecule has 0 aromatic rings. The standard InChI is InChI=1S/C12H22N2O4/c1-3-10(11(15)16)14(2)12(17)13-8-9-6-4-5-7-18-9/h9-10H,3-8H2,1-2H3,(H,13,17)(H,15,16). The van der Waals surface area contributed by atoms with E-state index < -0.39 is 12.0 Å². The Balaban J connectivity index is 2.36. The highest BCUT2D eigenvalue weighted by molar-refractivity contribution is 5.82. The molecule has 1 aliphatic rings. The SMILES string of the molecule is CCC(C(=O)O)N(C)C(=O)NCC1CCCCO1. The molecule has 0 aliphatic carbocycles. The van der Waals surface area contributed by atoms with Crippen LogP contribution in [0.5, 0.6) is 0 Å². The van der Waals surface area contributed by atoms with Gasteiger partial charge in [0.2, 0.25) is 0 Å². The van der Waals surface area contributed by atoms with E-state index in [1.54, 1.807) is 6.92 Å². The zero-order chi connectivity index (χ0) is 13.5. The number of ether oxygens (including phenoxy) is 1. The lowest BCUT2D eigenvalue weighted by Crippen LogP contribution is -2.48. The lowest BCUT2D eigenvalue weighted by molar-refractivity contribution is -0.141. The van der Waals surface area contributed by atoms with E-state index in [9.17, 15) is 9.59 Å². The van der Waals surface area contributed by atoms with Crippen molar-refractivity contribution in [3.05, 3.63) is 0 Å². The average Bonchev–Trinajstić information content (AvgIpc) is 2.37. The first-order valence-electron chi connectivity index (χ1n) is 6.41. The van der Waals surface area contributed by atoms with Crippen LogP contribution in [0.15, 0.2) is 0 Å². The molecular weight excluding hydrogens is 236 g/mol. The fraction of sp³-hybridized carbons (Fsp3) is 0.833. The third-order valence-electron chi connectivity index (χ3n) is 3.21. The first-order chi connectivity index (χ1) is 8.56. The van der Waals surface area contributed by atoms with Crippen LogP contribution in [0.3, 0.4) is 0 Å². The van der Waals surface area contributed by atoms with Crippen LogP contribution in [-0.4, -0.2) is 54.4 Å². The van der Waals surface area contributed by atoms with E-state index in [1.165, 1.54) is 11.9 Å². The Labute approximate surface area is 107 Å². The number of nitrogens with one attached hydrogen (secondary N) is 1. The summed E-state index contributed by atoms with van der Waals surface area (Å²) in [5, 5.41) is 11.7. The lowest BCUT2D eigenvalue weighted by Gasteiger charge is -2.27. The summed E-state index contributed by atoms with van der Waals surface area (Å²) in [5.74, 6) is -0.982. The van der Waals surface area contributed by atoms with Crippen molar-refractivity contribution in [2.45, 2.75) is 44.8 Å². The number of likely N-dealkylation sites (N-methyl/N-ethyl adjacent to an activating group) is 1. The van der Waals surface area contributed by atoms with Crippen molar-refractivity contribution in [2.24, 2.45) is 0 Å². The highest BCUT2D eigenvalue weighted by Crippen LogP contribution is 2.11. The smallest absolute Gasteiger partial charge is 0.326 e. The largest absolute Gasteiger partial charge is 0.480 e. The second kappa shape index (κ2) is 7.20. The van der Waals surface area contributed by atoms with Crippen molar-refractivity contribution in [1.29, 1.82) is 0 Å². The van der Waals surface area contributed by atoms with Gasteiger partial charge in [0.25, 0.3) is 0 Å². The highest BCUT2D eigenvalue weighted by Gasteiger charge is 2.25. The summed E-state index contributed by atoms with van der Waals surface area (Å²) in [7, 11) is 1.50. The molecule has 2 amide bonds. The Morgan fingerprint density at radius 1 is 1.50 bits per heavy atom. The van der Waals surface area contributed by atoms with E-state index in [0.29, 0.717) is 13.0 Å². The predicted molar refractivity (Wildman–Crippen MR) is 66.5 cm³/mol. The fourth-order valence-electron chi connectivity index (χ4n) is 2.05. The molecule has 6 nitrogen and oxygen atoms in total. The van der Waals surface area contributed by atoms with Crippen molar-refractivity contribution in [1.82, 2.24) is 10.2 Å². The highest BCUT2D eigenvalue weighted by atomic mass is 16.5. The summed E-state index contributed by atoms with van der Waals surface area (Å²) < 4.78 is 5.49. The van der Waals surface area contributed by atoms with E-state index in [1.807, 2.05) is 0 Å². The number of carboxylic acid groups (broad SMARTS) is 1. The van der Waals surface area contributed by atoms with Crippen molar-refractivity contribution < 1.29 is 19.4 Å². The molecular formula is C12H22N2O4. The summed E-state index contributed by atoms with van der Waals surface area (Å²) >= 11 is 0. The molecule has 1 saturated heterocycles. The molecule has 6 heteroatoms. The molecule has 0 bridgehead atoms. The van der Waals surface area contributed by atoms with Crippen molar-refractivity contribution >= 4 is 12.0 Å². The molecule has 2 unspecified atom stereocenters. The fourth-order valence-corrected chi connectivity index (χ4v) is 2.05. The molecule has 0 radical (unpaired) electrons. The molecule has 0 spiro atoms. The number of rotatable bonds is 5. The Morgan fingerprint density at radius 3 is 2.72 bits per heavy atom. The third-order valence-corrected chi connectivity index (χ3v) is 3.21. The molecule has 18 heavy (non-hydrogen) atoms. The number of hydrogen-bond donors (Lipinski definition) is 2. The number of nitrogens with zero attached hydrogens (tertiary/aromatic N) is 1. The monoisotopic (exact) mass is 258 g/mol. The van der Waals surface area contributed by atoms with Gasteiger partial charge in [-0.25, -0.2) is 9.59 Å². The molecule has 1 fully saturated rings. The van der Waals surface area contributed by atoms with Crippen molar-refractivity contribution in [3.8, 4) is 0 Å². The molecule has 0 aromatic heterocycles. The van der Waals surface area contributed by atoms with Crippen LogP contribution >= 0.6 is 0 Å². The molecule has 0 aromatic carbocycles. The Kier molecular flexibility index (Phi) is 5.91. The maximum Gasteiger partial charge on any atom is 0.326 e. The topological polar surface area (TPSA) is 78.9 Å². The first-order valence-corrected chi connectivity index (χ1v) is 6.41. The molecule has 0 saturated carbocycles. The number of aliphatic carboxylic acids is 1. The maximum absolute atomic E-state index is 11.8. The molecule has 1 rings (SSSR count). The number of amides is 2. The van der Waals surface area contributed by atoms with Crippen LogP contribution in [0.1, 0.15) is 32.6 Å². The first kappa shape index (κ1) is 14.8. The number of carbonyl (C=O) groups is 2. The number of carbonyl (C=O) groups excluding carboxylic acids is 1. The Hall–Kier alpha value is -1.30. The van der Waals surface area contributed by atoms with Crippen LogP contribution in [0.4, 0.5) is 4.79 Å². The van der Waals surface area contributed by atoms with Gasteiger partial charge in [-0.2, -0.15) is 0 Å². The molecule has 104 valence electrons. The predicted octanol–water partition coefficient (Wildman–Crippen LogP) is 1.06. The minimum Gasteiger partial charge on any atom is -0.480 e. The van der Waals surface area contributed by atoms with Gasteiger partial charge >= 0.3 is 12.0 Å². The van der Waals surface area contributed by atoms with Crippen molar-refractivity contribution in [3.63, 3.8) is 0 Å². The second-order valence-electron chi connectivity index (χ2n) is 4.55. The Morgan fingerprint density at radius 2 is 2.22 bits per heavy atom. The summed E-state index contributed by atoms with van der Waals surface area (Å²) in [6, 6.07) is -1.14. The van der Waals surface area contributed by atoms with Gasteiger partial charge in [0.05, 0.1) is 6.10 Å². The van der Waals surface area contributed by atoms with Crippen LogP contribution in [0.2, 0.25) is 0 Å². The van der Waals surface area contributed by atoms with Gasteiger partial charge in [0, 0.05) is 20.2 Å². The normalized spacial score (nSPS) is 21.1. The van der Waals surface area contributed by atoms with Gasteiger partial charge in [0.15, 0.2) is 0 Å². The average molecular weight is 258 g/mol. The summed E-state index contributed by atoms with van der Waals surface area (Å²) in [5.41, 5.74) is 0. The number of urea groups is 1. The van der Waals surface area contributed by atoms with Gasteiger partial charge in [-0.05, 0) is 25.7 Å². The molecule has 2 atom stereocenters. The van der Waals surface area contributed by atoms with E-state index >= 15 is 0 Å². The van der Waals surface area contributed by atoms with E-state index in [4.69, 9.17) is 9.84 Å². The maximum atomic E-state index is 11.8. The molecule has 1 aliphatic heterocycles. The van der Waals surface area contributed by atoms with Crippen LogP contribution in [0, 0.1) is 0 Å². The van der Waals surface area contributed by atoms with Gasteiger partial charge < -0.3 is 20.1 Å². The minimum absolute atomic E-state index is 0.0565. The van der Waals surface area contributed by atoms with Gasteiger partial charge in [-0.3, -0.25) is 0 Å². The van der Waals surface area contributed by atoms with E-state index in [-0.39, 0.29) is 12.1 Å². The van der Waals surface area contributed by atoms with E-state index in [0.717, 1.165) is 25.9 Å². The van der Waals surface area contributed by atoms with Gasteiger partial charge in [0.1, 0.15) is 6.04 Å². The van der Waals surface area contributed by atoms with Crippen LogP contribution < -0.4 is 5.32 Å². The summed E-state index contributed by atoms with van der Waals surface area (Å²) in [6.45, 7) is 2.93. The van der Waals surface area contributed by atoms with Crippen LogP contribution in [-0.2, 0) is 9.53 Å². The zero-order valence-corrected chi connectivity index (χ0v) is 11.0.